The maximum absolute atomic E-state index is 11.9. The predicted octanol–water partition coefficient (Wildman–Crippen LogP) is 2.58. The first-order valence-electron chi connectivity index (χ1n) is 8.87. The first kappa shape index (κ1) is 18.9. The van der Waals surface area contributed by atoms with E-state index in [0.717, 1.165) is 55.4 Å². The summed E-state index contributed by atoms with van der Waals surface area (Å²) in [5, 5.41) is 9.92. The number of fused-ring (bicyclic) bond motifs is 1. The second-order valence-corrected chi connectivity index (χ2v) is 10.0. The second kappa shape index (κ2) is 7.54. The molecule has 1 fully saturated rings. The zero-order valence-electron chi connectivity index (χ0n) is 14.7. The second-order valence-electron chi connectivity index (χ2n) is 7.02. The van der Waals surface area contributed by atoms with Gasteiger partial charge in [0.05, 0.1) is 17.2 Å². The van der Waals surface area contributed by atoms with Crippen LogP contribution < -0.4 is 4.90 Å². The average molecular weight is 427 g/mol. The molecule has 0 atom stereocenters. The first-order chi connectivity index (χ1) is 12.9. The van der Waals surface area contributed by atoms with Gasteiger partial charge in [0.25, 0.3) is 0 Å². The molecule has 2 aliphatic heterocycles. The van der Waals surface area contributed by atoms with Crippen molar-refractivity contribution in [3.8, 4) is 0 Å². The maximum Gasteiger partial charge on any atom is 0.154 e. The number of benzene rings is 1. The van der Waals surface area contributed by atoms with Gasteiger partial charge in [0.1, 0.15) is 0 Å². The fraction of sp³-hybridized carbons (Fsp3) is 0.444. The van der Waals surface area contributed by atoms with Gasteiger partial charge in [0, 0.05) is 49.2 Å². The lowest BCUT2D eigenvalue weighted by Crippen LogP contribution is -2.46. The van der Waals surface area contributed by atoms with Gasteiger partial charge in [0.2, 0.25) is 0 Å². The van der Waals surface area contributed by atoms with E-state index >= 15 is 0 Å². The standard InChI is InChI=1S/C18H20Cl2N4O2S/c19-15-2-1-13(16(20)10-15)11-23-4-6-24(7-5-23)18-9-14-12-27(25,26)8-3-17(14)21-22-18/h1-2,9-10H,3-8,11-12H2. The molecule has 0 unspecified atom stereocenters. The molecular formula is C18H20Cl2N4O2S. The summed E-state index contributed by atoms with van der Waals surface area (Å²) < 4.78 is 23.8. The SMILES string of the molecule is O=S1(=O)CCc2nnc(N3CCN(Cc4ccc(Cl)cc4Cl)CC3)cc2C1. The monoisotopic (exact) mass is 426 g/mol. The normalized spacial score (nSPS) is 19.7. The van der Waals surface area contributed by atoms with Crippen molar-refractivity contribution in [3.63, 3.8) is 0 Å². The van der Waals surface area contributed by atoms with Gasteiger partial charge < -0.3 is 4.90 Å². The molecule has 2 aromatic rings. The molecule has 4 rings (SSSR count). The lowest BCUT2D eigenvalue weighted by molar-refractivity contribution is 0.249. The van der Waals surface area contributed by atoms with Crippen LogP contribution in [-0.2, 0) is 28.6 Å². The molecular weight excluding hydrogens is 407 g/mol. The van der Waals surface area contributed by atoms with Crippen molar-refractivity contribution in [2.24, 2.45) is 0 Å². The highest BCUT2D eigenvalue weighted by atomic mass is 35.5. The van der Waals surface area contributed by atoms with E-state index in [-0.39, 0.29) is 11.5 Å². The molecule has 0 radical (unpaired) electrons. The molecule has 9 heteroatoms. The maximum atomic E-state index is 11.9. The third-order valence-electron chi connectivity index (χ3n) is 5.08. The summed E-state index contributed by atoms with van der Waals surface area (Å²) in [4.78, 5) is 4.50. The summed E-state index contributed by atoms with van der Waals surface area (Å²) in [5.41, 5.74) is 2.67. The fourth-order valence-corrected chi connectivity index (χ4v) is 5.36. The summed E-state index contributed by atoms with van der Waals surface area (Å²) in [7, 11) is -3.01. The molecule has 0 N–H and O–H groups in total. The summed E-state index contributed by atoms with van der Waals surface area (Å²) in [6.07, 6.45) is 0.459. The Balaban J connectivity index is 1.41. The largest absolute Gasteiger partial charge is 0.353 e. The Kier molecular flexibility index (Phi) is 5.29. The minimum absolute atomic E-state index is 0.0693. The van der Waals surface area contributed by atoms with Crippen LogP contribution in [0.2, 0.25) is 10.0 Å². The van der Waals surface area contributed by atoms with Crippen molar-refractivity contribution in [1.82, 2.24) is 15.1 Å². The minimum atomic E-state index is -3.01. The van der Waals surface area contributed by atoms with Crippen molar-refractivity contribution >= 4 is 38.9 Å². The van der Waals surface area contributed by atoms with Crippen LogP contribution in [0.5, 0.6) is 0 Å². The Morgan fingerprint density at radius 2 is 1.81 bits per heavy atom. The Labute approximate surface area is 169 Å². The fourth-order valence-electron chi connectivity index (χ4n) is 3.52. The Morgan fingerprint density at radius 3 is 2.56 bits per heavy atom. The zero-order chi connectivity index (χ0) is 19.0. The quantitative estimate of drug-likeness (QED) is 0.750. The number of halogens is 2. The minimum Gasteiger partial charge on any atom is -0.353 e. The number of sulfone groups is 1. The number of hydrogen-bond donors (Lipinski definition) is 0. The van der Waals surface area contributed by atoms with Crippen molar-refractivity contribution in [2.75, 3.05) is 36.8 Å². The number of aromatic nitrogens is 2. The van der Waals surface area contributed by atoms with Crippen molar-refractivity contribution < 1.29 is 8.42 Å². The highest BCUT2D eigenvalue weighted by molar-refractivity contribution is 7.90. The van der Waals surface area contributed by atoms with Crippen LogP contribution >= 0.6 is 23.2 Å². The van der Waals surface area contributed by atoms with Gasteiger partial charge in [-0.3, -0.25) is 4.90 Å². The van der Waals surface area contributed by atoms with Crippen LogP contribution in [0.3, 0.4) is 0 Å². The molecule has 0 spiro atoms. The van der Waals surface area contributed by atoms with Crippen LogP contribution in [0.15, 0.2) is 24.3 Å². The highest BCUT2D eigenvalue weighted by Crippen LogP contribution is 2.25. The van der Waals surface area contributed by atoms with E-state index in [9.17, 15) is 8.42 Å². The van der Waals surface area contributed by atoms with Crippen molar-refractivity contribution in [3.05, 3.63) is 51.1 Å². The van der Waals surface area contributed by atoms with Crippen molar-refractivity contribution in [2.45, 2.75) is 18.7 Å². The van der Waals surface area contributed by atoms with Gasteiger partial charge >= 0.3 is 0 Å². The first-order valence-corrected chi connectivity index (χ1v) is 11.4. The number of hydrogen-bond acceptors (Lipinski definition) is 6. The number of rotatable bonds is 3. The van der Waals surface area contributed by atoms with Crippen LogP contribution in [0.25, 0.3) is 0 Å². The third-order valence-corrected chi connectivity index (χ3v) is 7.24. The molecule has 0 aliphatic carbocycles. The van der Waals surface area contributed by atoms with E-state index in [1.165, 1.54) is 0 Å². The van der Waals surface area contributed by atoms with E-state index in [4.69, 9.17) is 23.2 Å². The van der Waals surface area contributed by atoms with Crippen LogP contribution in [0.1, 0.15) is 16.8 Å². The Morgan fingerprint density at radius 1 is 1.04 bits per heavy atom. The lowest BCUT2D eigenvalue weighted by Gasteiger charge is -2.35. The van der Waals surface area contributed by atoms with E-state index in [1.54, 1.807) is 6.07 Å². The van der Waals surface area contributed by atoms with E-state index in [0.29, 0.717) is 16.5 Å². The van der Waals surface area contributed by atoms with Gasteiger partial charge in [0.15, 0.2) is 15.7 Å². The summed E-state index contributed by atoms with van der Waals surface area (Å²) in [6, 6.07) is 7.48. The number of piperazine rings is 1. The molecule has 0 amide bonds. The van der Waals surface area contributed by atoms with E-state index in [1.807, 2.05) is 18.2 Å². The summed E-state index contributed by atoms with van der Waals surface area (Å²) >= 11 is 12.2. The molecule has 1 aromatic heterocycles. The van der Waals surface area contributed by atoms with E-state index < -0.39 is 9.84 Å². The Bertz CT molecular complexity index is 960. The van der Waals surface area contributed by atoms with Crippen LogP contribution in [-0.4, -0.2) is 55.4 Å². The van der Waals surface area contributed by atoms with Gasteiger partial charge in [-0.2, -0.15) is 5.10 Å². The number of aryl methyl sites for hydroxylation is 1. The molecule has 0 saturated carbocycles. The van der Waals surface area contributed by atoms with Crippen LogP contribution in [0.4, 0.5) is 5.82 Å². The molecule has 27 heavy (non-hydrogen) atoms. The Hall–Kier alpha value is -1.41. The summed E-state index contributed by atoms with van der Waals surface area (Å²) in [6.45, 7) is 4.14. The molecule has 144 valence electrons. The average Bonchev–Trinajstić information content (AvgIpc) is 2.63. The molecule has 2 aliphatic rings. The van der Waals surface area contributed by atoms with Gasteiger partial charge in [-0.25, -0.2) is 8.42 Å². The van der Waals surface area contributed by atoms with Crippen LogP contribution in [0, 0.1) is 0 Å². The van der Waals surface area contributed by atoms with E-state index in [2.05, 4.69) is 20.0 Å². The molecule has 1 saturated heterocycles. The summed E-state index contributed by atoms with van der Waals surface area (Å²) in [5.74, 6) is 0.995. The molecule has 6 nitrogen and oxygen atoms in total. The predicted molar refractivity (Wildman–Crippen MR) is 107 cm³/mol. The number of anilines is 1. The molecule has 1 aromatic carbocycles. The zero-order valence-corrected chi connectivity index (χ0v) is 17.1. The molecule has 0 bridgehead atoms. The molecule has 3 heterocycles. The van der Waals surface area contributed by atoms with Gasteiger partial charge in [-0.15, -0.1) is 5.10 Å². The number of nitrogens with zero attached hydrogens (tertiary/aromatic N) is 4. The topological polar surface area (TPSA) is 66.4 Å². The lowest BCUT2D eigenvalue weighted by atomic mass is 10.1. The van der Waals surface area contributed by atoms with Crippen molar-refractivity contribution in [1.29, 1.82) is 0 Å². The van der Waals surface area contributed by atoms with Gasteiger partial charge in [-0.05, 0) is 29.3 Å². The smallest absolute Gasteiger partial charge is 0.154 e. The highest BCUT2D eigenvalue weighted by Gasteiger charge is 2.25. The van der Waals surface area contributed by atoms with Gasteiger partial charge in [-0.1, -0.05) is 29.3 Å². The third kappa shape index (κ3) is 4.37.